The first-order valence-corrected chi connectivity index (χ1v) is 8.98. The standard InChI is InChI=1S/C19H23FN4O3/c1-13-9-24(19(27)22-18(13)26)12-17(25)21-15-6-4-8-23(11-15)10-14-5-2-3-7-16(14)20/h2-3,5,7,9,15H,4,6,8,10-12H2,1H3,(H,21,25)(H,22,26,27)/t15-/m1/s1. The Bertz CT molecular complexity index is 937. The number of likely N-dealkylation sites (tertiary alicyclic amines) is 1. The van der Waals surface area contributed by atoms with Crippen LogP contribution in [0.2, 0.25) is 0 Å². The second kappa shape index (κ2) is 8.30. The van der Waals surface area contributed by atoms with E-state index in [1.54, 1.807) is 19.1 Å². The summed E-state index contributed by atoms with van der Waals surface area (Å²) < 4.78 is 15.0. The topological polar surface area (TPSA) is 87.2 Å². The van der Waals surface area contributed by atoms with Crippen LogP contribution >= 0.6 is 0 Å². The summed E-state index contributed by atoms with van der Waals surface area (Å²) in [5, 5.41) is 2.93. The molecule has 2 heterocycles. The van der Waals surface area contributed by atoms with Crippen LogP contribution < -0.4 is 16.6 Å². The van der Waals surface area contributed by atoms with E-state index in [1.165, 1.54) is 16.8 Å². The van der Waals surface area contributed by atoms with E-state index in [4.69, 9.17) is 0 Å². The van der Waals surface area contributed by atoms with Crippen LogP contribution in [0.3, 0.4) is 0 Å². The van der Waals surface area contributed by atoms with Gasteiger partial charge in [-0.05, 0) is 32.4 Å². The minimum absolute atomic E-state index is 0.0578. The van der Waals surface area contributed by atoms with E-state index in [0.717, 1.165) is 19.4 Å². The van der Waals surface area contributed by atoms with Gasteiger partial charge in [-0.1, -0.05) is 18.2 Å². The maximum Gasteiger partial charge on any atom is 0.328 e. The fourth-order valence-electron chi connectivity index (χ4n) is 3.35. The van der Waals surface area contributed by atoms with Gasteiger partial charge < -0.3 is 5.32 Å². The van der Waals surface area contributed by atoms with Gasteiger partial charge in [-0.25, -0.2) is 9.18 Å². The summed E-state index contributed by atoms with van der Waals surface area (Å²) in [5.41, 5.74) is -0.0471. The molecule has 1 saturated heterocycles. The summed E-state index contributed by atoms with van der Waals surface area (Å²) in [6.45, 7) is 3.39. The Labute approximate surface area is 155 Å². The van der Waals surface area contributed by atoms with Gasteiger partial charge in [0.05, 0.1) is 0 Å². The van der Waals surface area contributed by atoms with Crippen LogP contribution in [0.15, 0.2) is 40.1 Å². The number of carbonyl (C=O) groups is 1. The first kappa shape index (κ1) is 19.0. The minimum Gasteiger partial charge on any atom is -0.351 e. The van der Waals surface area contributed by atoms with Gasteiger partial charge in [0.25, 0.3) is 5.56 Å². The summed E-state index contributed by atoms with van der Waals surface area (Å²) in [6, 6.07) is 6.63. The van der Waals surface area contributed by atoms with Crippen molar-refractivity contribution in [3.63, 3.8) is 0 Å². The molecular formula is C19H23FN4O3. The first-order valence-electron chi connectivity index (χ1n) is 8.98. The van der Waals surface area contributed by atoms with Crippen molar-refractivity contribution in [2.45, 2.75) is 38.9 Å². The number of nitrogens with one attached hydrogen (secondary N) is 2. The fraction of sp³-hybridized carbons (Fsp3) is 0.421. The molecule has 1 aliphatic heterocycles. The summed E-state index contributed by atoms with van der Waals surface area (Å²) in [7, 11) is 0. The van der Waals surface area contributed by atoms with Crippen LogP contribution in [0.4, 0.5) is 4.39 Å². The number of halogens is 1. The lowest BCUT2D eigenvalue weighted by molar-refractivity contribution is -0.122. The highest BCUT2D eigenvalue weighted by atomic mass is 19.1. The smallest absolute Gasteiger partial charge is 0.328 e. The van der Waals surface area contributed by atoms with E-state index < -0.39 is 11.2 Å². The van der Waals surface area contributed by atoms with Crippen LogP contribution in [-0.4, -0.2) is 39.5 Å². The molecule has 0 radical (unpaired) electrons. The highest BCUT2D eigenvalue weighted by Gasteiger charge is 2.22. The molecule has 2 N–H and O–H groups in total. The van der Waals surface area contributed by atoms with Crippen LogP contribution in [0.25, 0.3) is 0 Å². The number of H-pyrrole nitrogens is 1. The molecule has 1 fully saturated rings. The quantitative estimate of drug-likeness (QED) is 0.809. The maximum atomic E-state index is 13.8. The number of amides is 1. The Balaban J connectivity index is 1.58. The molecule has 1 atom stereocenters. The van der Waals surface area contributed by atoms with E-state index in [9.17, 15) is 18.8 Å². The van der Waals surface area contributed by atoms with Gasteiger partial charge in [-0.2, -0.15) is 0 Å². The molecule has 3 rings (SSSR count). The molecule has 144 valence electrons. The van der Waals surface area contributed by atoms with E-state index in [-0.39, 0.29) is 24.3 Å². The number of piperidine rings is 1. The predicted octanol–water partition coefficient (Wildman–Crippen LogP) is 0.765. The van der Waals surface area contributed by atoms with Crippen LogP contribution in [0, 0.1) is 12.7 Å². The van der Waals surface area contributed by atoms with Crippen LogP contribution in [-0.2, 0) is 17.9 Å². The SMILES string of the molecule is Cc1cn(CC(=O)N[C@@H]2CCCN(Cc3ccccc3F)C2)c(=O)[nH]c1=O. The van der Waals surface area contributed by atoms with Crippen molar-refractivity contribution in [2.24, 2.45) is 0 Å². The highest BCUT2D eigenvalue weighted by Crippen LogP contribution is 2.15. The second-order valence-electron chi connectivity index (χ2n) is 6.93. The monoisotopic (exact) mass is 374 g/mol. The highest BCUT2D eigenvalue weighted by molar-refractivity contribution is 5.76. The maximum absolute atomic E-state index is 13.8. The summed E-state index contributed by atoms with van der Waals surface area (Å²) in [5.74, 6) is -0.516. The lowest BCUT2D eigenvalue weighted by Gasteiger charge is -2.33. The van der Waals surface area contributed by atoms with Gasteiger partial charge in [0.1, 0.15) is 12.4 Å². The van der Waals surface area contributed by atoms with Crippen molar-refractivity contribution in [3.05, 3.63) is 68.2 Å². The summed E-state index contributed by atoms with van der Waals surface area (Å²) in [6.07, 6.45) is 3.11. The average Bonchev–Trinajstić information content (AvgIpc) is 2.62. The largest absolute Gasteiger partial charge is 0.351 e. The Morgan fingerprint density at radius 1 is 1.33 bits per heavy atom. The van der Waals surface area contributed by atoms with Crippen LogP contribution in [0.1, 0.15) is 24.0 Å². The van der Waals surface area contributed by atoms with Gasteiger partial charge in [0, 0.05) is 36.5 Å². The number of aromatic amines is 1. The normalized spacial score (nSPS) is 17.6. The van der Waals surface area contributed by atoms with Crippen molar-refractivity contribution in [3.8, 4) is 0 Å². The zero-order valence-electron chi connectivity index (χ0n) is 15.2. The molecule has 1 amide bonds. The van der Waals surface area contributed by atoms with Crippen molar-refractivity contribution in [2.75, 3.05) is 13.1 Å². The zero-order valence-corrected chi connectivity index (χ0v) is 15.2. The van der Waals surface area contributed by atoms with Gasteiger partial charge in [-0.3, -0.25) is 24.0 Å². The minimum atomic E-state index is -0.606. The Kier molecular flexibility index (Phi) is 5.85. The van der Waals surface area contributed by atoms with Crippen molar-refractivity contribution in [1.29, 1.82) is 0 Å². The fourth-order valence-corrected chi connectivity index (χ4v) is 3.35. The number of benzene rings is 1. The van der Waals surface area contributed by atoms with E-state index in [2.05, 4.69) is 15.2 Å². The molecule has 1 aromatic heterocycles. The molecule has 0 aliphatic carbocycles. The van der Waals surface area contributed by atoms with Crippen molar-refractivity contribution in [1.82, 2.24) is 19.8 Å². The summed E-state index contributed by atoms with van der Waals surface area (Å²) >= 11 is 0. The van der Waals surface area contributed by atoms with Gasteiger partial charge in [0.2, 0.25) is 5.91 Å². The Morgan fingerprint density at radius 3 is 2.89 bits per heavy atom. The van der Waals surface area contributed by atoms with Gasteiger partial charge in [0.15, 0.2) is 0 Å². The van der Waals surface area contributed by atoms with Crippen molar-refractivity contribution < 1.29 is 9.18 Å². The number of hydrogen-bond acceptors (Lipinski definition) is 4. The predicted molar refractivity (Wildman–Crippen MR) is 98.9 cm³/mol. The molecule has 27 heavy (non-hydrogen) atoms. The molecule has 0 saturated carbocycles. The van der Waals surface area contributed by atoms with E-state index >= 15 is 0 Å². The number of aryl methyl sites for hydroxylation is 1. The lowest BCUT2D eigenvalue weighted by atomic mass is 10.0. The molecule has 7 nitrogen and oxygen atoms in total. The average molecular weight is 374 g/mol. The number of rotatable bonds is 5. The van der Waals surface area contributed by atoms with Gasteiger partial charge >= 0.3 is 5.69 Å². The van der Waals surface area contributed by atoms with Crippen molar-refractivity contribution >= 4 is 5.91 Å². The van der Waals surface area contributed by atoms with E-state index in [1.807, 2.05) is 6.07 Å². The number of nitrogens with zero attached hydrogens (tertiary/aromatic N) is 2. The second-order valence-corrected chi connectivity index (χ2v) is 6.93. The zero-order chi connectivity index (χ0) is 19.4. The number of aromatic nitrogens is 2. The molecular weight excluding hydrogens is 351 g/mol. The molecule has 0 bridgehead atoms. The number of hydrogen-bond donors (Lipinski definition) is 2. The summed E-state index contributed by atoms with van der Waals surface area (Å²) in [4.78, 5) is 39.8. The molecule has 8 heteroatoms. The van der Waals surface area contributed by atoms with Crippen LogP contribution in [0.5, 0.6) is 0 Å². The molecule has 2 aromatic rings. The number of carbonyl (C=O) groups excluding carboxylic acids is 1. The van der Waals surface area contributed by atoms with E-state index in [0.29, 0.717) is 24.2 Å². The first-order chi connectivity index (χ1) is 12.9. The Hall–Kier alpha value is -2.74. The molecule has 1 aromatic carbocycles. The third-order valence-electron chi connectivity index (χ3n) is 4.73. The van der Waals surface area contributed by atoms with Gasteiger partial charge in [-0.15, -0.1) is 0 Å². The molecule has 0 spiro atoms. The third kappa shape index (κ3) is 4.91. The Morgan fingerprint density at radius 2 is 2.11 bits per heavy atom. The third-order valence-corrected chi connectivity index (χ3v) is 4.73. The molecule has 0 unspecified atom stereocenters. The lowest BCUT2D eigenvalue weighted by Crippen LogP contribution is -2.48. The molecule has 1 aliphatic rings.